The summed E-state index contributed by atoms with van der Waals surface area (Å²) < 4.78 is 58.4. The molecule has 2 N–H and O–H groups in total. The van der Waals surface area contributed by atoms with Crippen LogP contribution in [-0.2, 0) is 24.8 Å². The summed E-state index contributed by atoms with van der Waals surface area (Å²) in [6, 6.07) is 13.4. The van der Waals surface area contributed by atoms with Crippen LogP contribution in [0.15, 0.2) is 71.9 Å². The van der Waals surface area contributed by atoms with E-state index in [0.29, 0.717) is 12.4 Å². The van der Waals surface area contributed by atoms with Crippen LogP contribution in [0.4, 0.5) is 17.3 Å². The van der Waals surface area contributed by atoms with Crippen LogP contribution in [0.3, 0.4) is 0 Å². The number of ether oxygens (including phenoxy) is 1. The number of sulfonamides is 2. The number of para-hydroxylation sites is 2. The van der Waals surface area contributed by atoms with Crippen molar-refractivity contribution in [1.82, 2.24) is 9.97 Å². The smallest absolute Gasteiger partial charge is 0.264 e. The summed E-state index contributed by atoms with van der Waals surface area (Å²) >= 11 is 0. The van der Waals surface area contributed by atoms with Crippen molar-refractivity contribution in [3.63, 3.8) is 0 Å². The first kappa shape index (κ1) is 24.9. The van der Waals surface area contributed by atoms with Gasteiger partial charge in [0.15, 0.2) is 0 Å². The zero-order chi connectivity index (χ0) is 24.8. The predicted octanol–water partition coefficient (Wildman–Crippen LogP) is 2.08. The van der Waals surface area contributed by atoms with E-state index < -0.39 is 32.5 Å². The lowest BCUT2D eigenvalue weighted by molar-refractivity contribution is -0.114. The fraction of sp³-hybridized carbons (Fsp3) is 0.190. The normalized spacial score (nSPS) is 11.5. The monoisotopic (exact) mass is 505 g/mol. The minimum Gasteiger partial charge on any atom is -0.492 e. The largest absolute Gasteiger partial charge is 0.492 e. The molecule has 0 bridgehead atoms. The Kier molecular flexibility index (Phi) is 7.68. The van der Waals surface area contributed by atoms with Crippen LogP contribution in [0, 0.1) is 0 Å². The summed E-state index contributed by atoms with van der Waals surface area (Å²) in [6.45, 7) is 1.58. The van der Waals surface area contributed by atoms with Gasteiger partial charge < -0.3 is 10.1 Å². The van der Waals surface area contributed by atoms with Gasteiger partial charge in [-0.3, -0.25) is 9.10 Å². The highest BCUT2D eigenvalue weighted by atomic mass is 32.2. The maximum Gasteiger partial charge on any atom is 0.264 e. The van der Waals surface area contributed by atoms with Crippen molar-refractivity contribution in [2.24, 2.45) is 0 Å². The molecule has 0 radical (unpaired) electrons. The van der Waals surface area contributed by atoms with E-state index >= 15 is 0 Å². The number of nitrogens with zero attached hydrogens (tertiary/aromatic N) is 3. The van der Waals surface area contributed by atoms with Gasteiger partial charge in [-0.2, -0.15) is 0 Å². The number of carbonyl (C=O) groups is 1. The molecular weight excluding hydrogens is 482 g/mol. The molecular formula is C21H23N5O6S2. The van der Waals surface area contributed by atoms with Gasteiger partial charge in [-0.15, -0.1) is 0 Å². The number of nitrogens with one attached hydrogen (secondary N) is 2. The minimum absolute atomic E-state index is 0.0682. The van der Waals surface area contributed by atoms with Crippen molar-refractivity contribution >= 4 is 43.3 Å². The maximum absolute atomic E-state index is 12.6. The average Bonchev–Trinajstić information content (AvgIpc) is 2.78. The second-order valence-electron chi connectivity index (χ2n) is 6.92. The maximum atomic E-state index is 12.6. The summed E-state index contributed by atoms with van der Waals surface area (Å²) in [4.78, 5) is 20.2. The topological polar surface area (TPSA) is 148 Å². The van der Waals surface area contributed by atoms with Crippen LogP contribution >= 0.6 is 0 Å². The summed E-state index contributed by atoms with van der Waals surface area (Å²) in [5.41, 5.74) is 0.518. The Morgan fingerprint density at radius 1 is 0.971 bits per heavy atom. The molecule has 1 heterocycles. The Morgan fingerprint density at radius 2 is 1.62 bits per heavy atom. The van der Waals surface area contributed by atoms with Crippen molar-refractivity contribution < 1.29 is 26.4 Å². The second-order valence-corrected chi connectivity index (χ2v) is 10.5. The standard InChI is InChI=1S/C21H23N5O6S2/c1-3-32-19-8-5-4-7-18(19)26(33(2,28)29)15-20(27)24-16-9-11-17(12-10-16)34(30,31)25-21-22-13-6-14-23-21/h4-14H,3,15H2,1-2H3,(H,24,27)(H,22,23,25). The Bertz CT molecular complexity index is 1350. The third kappa shape index (κ3) is 6.42. The van der Waals surface area contributed by atoms with Crippen molar-refractivity contribution in [2.75, 3.05) is 33.8 Å². The van der Waals surface area contributed by atoms with Gasteiger partial charge in [0.25, 0.3) is 10.0 Å². The lowest BCUT2D eigenvalue weighted by Crippen LogP contribution is -2.37. The highest BCUT2D eigenvalue weighted by Gasteiger charge is 2.24. The number of hydrogen-bond donors (Lipinski definition) is 2. The van der Waals surface area contributed by atoms with E-state index in [2.05, 4.69) is 20.0 Å². The van der Waals surface area contributed by atoms with Gasteiger partial charge in [-0.05, 0) is 49.4 Å². The highest BCUT2D eigenvalue weighted by Crippen LogP contribution is 2.29. The van der Waals surface area contributed by atoms with Gasteiger partial charge >= 0.3 is 0 Å². The first-order valence-corrected chi connectivity index (χ1v) is 13.3. The van der Waals surface area contributed by atoms with E-state index in [4.69, 9.17) is 4.74 Å². The van der Waals surface area contributed by atoms with Gasteiger partial charge in [-0.1, -0.05) is 12.1 Å². The number of benzene rings is 2. The van der Waals surface area contributed by atoms with Crippen molar-refractivity contribution in [3.05, 3.63) is 67.0 Å². The molecule has 0 aliphatic heterocycles. The Hall–Kier alpha value is -3.71. The second kappa shape index (κ2) is 10.5. The SMILES string of the molecule is CCOc1ccccc1N(CC(=O)Nc1ccc(S(=O)(=O)Nc2ncccn2)cc1)S(C)(=O)=O. The van der Waals surface area contributed by atoms with Gasteiger partial charge in [0.1, 0.15) is 12.3 Å². The summed E-state index contributed by atoms with van der Waals surface area (Å²) in [6.07, 6.45) is 3.79. The number of anilines is 3. The molecule has 3 aromatic rings. The number of hydrogen-bond acceptors (Lipinski definition) is 8. The van der Waals surface area contributed by atoms with Gasteiger partial charge in [0.05, 0.1) is 23.4 Å². The molecule has 3 rings (SSSR count). The first-order chi connectivity index (χ1) is 16.1. The molecule has 1 aromatic heterocycles. The number of aromatic nitrogens is 2. The van der Waals surface area contributed by atoms with Gasteiger partial charge in [0.2, 0.25) is 21.9 Å². The summed E-state index contributed by atoms with van der Waals surface area (Å²) in [7, 11) is -7.74. The fourth-order valence-corrected chi connectivity index (χ4v) is 4.72. The van der Waals surface area contributed by atoms with Crippen molar-refractivity contribution in [3.8, 4) is 5.75 Å². The van der Waals surface area contributed by atoms with E-state index in [9.17, 15) is 21.6 Å². The molecule has 0 aliphatic carbocycles. The zero-order valence-corrected chi connectivity index (χ0v) is 20.0. The number of rotatable bonds is 10. The molecule has 180 valence electrons. The van der Waals surface area contributed by atoms with E-state index in [1.807, 2.05) is 0 Å². The molecule has 13 heteroatoms. The fourth-order valence-electron chi connectivity index (χ4n) is 2.90. The van der Waals surface area contributed by atoms with Crippen LogP contribution in [-0.4, -0.2) is 52.1 Å². The Balaban J connectivity index is 1.73. The van der Waals surface area contributed by atoms with Crippen molar-refractivity contribution in [1.29, 1.82) is 0 Å². The molecule has 0 fully saturated rings. The molecule has 0 atom stereocenters. The van der Waals surface area contributed by atoms with Gasteiger partial charge in [-0.25, -0.2) is 31.5 Å². The third-order valence-corrected chi connectivity index (χ3v) is 6.83. The van der Waals surface area contributed by atoms with Crippen LogP contribution in [0.1, 0.15) is 6.92 Å². The molecule has 11 nitrogen and oxygen atoms in total. The van der Waals surface area contributed by atoms with E-state index in [1.165, 1.54) is 36.7 Å². The molecule has 0 saturated carbocycles. The summed E-state index contributed by atoms with van der Waals surface area (Å²) in [5, 5.41) is 2.57. The zero-order valence-electron chi connectivity index (χ0n) is 18.4. The molecule has 0 aliphatic rings. The Morgan fingerprint density at radius 3 is 2.24 bits per heavy atom. The average molecular weight is 506 g/mol. The Labute approximate surface area is 197 Å². The summed E-state index contributed by atoms with van der Waals surface area (Å²) in [5.74, 6) is -0.371. The van der Waals surface area contributed by atoms with Crippen LogP contribution in [0.25, 0.3) is 0 Å². The molecule has 0 spiro atoms. The van der Waals surface area contributed by atoms with Crippen molar-refractivity contribution in [2.45, 2.75) is 11.8 Å². The van der Waals surface area contributed by atoms with E-state index in [1.54, 1.807) is 37.3 Å². The quantitative estimate of drug-likeness (QED) is 0.426. The molecule has 2 aromatic carbocycles. The molecule has 0 saturated heterocycles. The predicted molar refractivity (Wildman–Crippen MR) is 128 cm³/mol. The third-order valence-electron chi connectivity index (χ3n) is 4.36. The molecule has 1 amide bonds. The number of carbonyl (C=O) groups excluding carboxylic acids is 1. The lowest BCUT2D eigenvalue weighted by Gasteiger charge is -2.24. The number of amides is 1. The highest BCUT2D eigenvalue weighted by molar-refractivity contribution is 7.92. The lowest BCUT2D eigenvalue weighted by atomic mass is 10.3. The first-order valence-electron chi connectivity index (χ1n) is 9.99. The van der Waals surface area contributed by atoms with Crippen LogP contribution in [0.2, 0.25) is 0 Å². The van der Waals surface area contributed by atoms with Gasteiger partial charge in [0, 0.05) is 18.1 Å². The molecule has 34 heavy (non-hydrogen) atoms. The van der Waals surface area contributed by atoms with E-state index in [0.717, 1.165) is 10.6 Å². The van der Waals surface area contributed by atoms with E-state index in [-0.39, 0.29) is 22.2 Å². The van der Waals surface area contributed by atoms with Crippen LogP contribution < -0.4 is 19.1 Å². The minimum atomic E-state index is -3.93. The molecule has 0 unspecified atom stereocenters. The van der Waals surface area contributed by atoms with Crippen LogP contribution in [0.5, 0.6) is 5.75 Å².